The molecule has 1 aromatic rings. The minimum absolute atomic E-state index is 0.0252. The number of aryl methyl sites for hydroxylation is 2. The summed E-state index contributed by atoms with van der Waals surface area (Å²) in [6.07, 6.45) is 4.74. The first-order valence-electron chi connectivity index (χ1n) is 18.3. The van der Waals surface area contributed by atoms with Gasteiger partial charge in [-0.3, -0.25) is 28.9 Å². The van der Waals surface area contributed by atoms with E-state index in [1.807, 2.05) is 60.5 Å². The van der Waals surface area contributed by atoms with Gasteiger partial charge in [0.1, 0.15) is 12.1 Å². The Morgan fingerprint density at radius 2 is 1.29 bits per heavy atom. The van der Waals surface area contributed by atoms with Crippen LogP contribution in [-0.4, -0.2) is 107 Å². The van der Waals surface area contributed by atoms with Crippen LogP contribution in [0.5, 0.6) is 0 Å². The maximum atomic E-state index is 14.3. The Labute approximate surface area is 289 Å². The zero-order chi connectivity index (χ0) is 35.9. The number of carbonyl (C=O) groups is 5. The van der Waals surface area contributed by atoms with E-state index in [9.17, 15) is 24.0 Å². The standard InChI is InChI=1S/C39H62N4O5/c1-11-28-16-18-29(19-17-28)20-21-33(44)31-14-12-22-42(31)38(47)32-15-13-23-43(32)39(48)36(27(6)7)41(10)37(46)30(25(2)3)24-34(45)35(26(4)5)40(8)9/h16-19,25-27,30-32,35-36H,11-15,20-24H2,1-10H3/t30-,31-,32-,35-,36-/m0/s1. The highest BCUT2D eigenvalue weighted by atomic mass is 16.2. The molecule has 5 atom stereocenters. The van der Waals surface area contributed by atoms with Crippen LogP contribution in [0.15, 0.2) is 24.3 Å². The van der Waals surface area contributed by atoms with Gasteiger partial charge in [-0.15, -0.1) is 0 Å². The molecule has 0 radical (unpaired) electrons. The molecule has 1 aromatic carbocycles. The Morgan fingerprint density at radius 3 is 1.81 bits per heavy atom. The van der Waals surface area contributed by atoms with Crippen LogP contribution >= 0.6 is 0 Å². The average Bonchev–Trinajstić information content (AvgIpc) is 3.72. The maximum Gasteiger partial charge on any atom is 0.246 e. The van der Waals surface area contributed by atoms with E-state index in [4.69, 9.17) is 0 Å². The summed E-state index contributed by atoms with van der Waals surface area (Å²) >= 11 is 0. The third kappa shape index (κ3) is 9.33. The highest BCUT2D eigenvalue weighted by Crippen LogP contribution is 2.30. The molecule has 9 heteroatoms. The number of benzene rings is 1. The SMILES string of the molecule is CCc1ccc(CCC(=O)[C@@H]2CCCN2C(=O)[C@@H]2CCCN2C(=O)[C@H](C(C)C)N(C)C(=O)[C@@H](CC(=O)[C@H](C(C)C)N(C)C)C(C)C)cc1. The van der Waals surface area contributed by atoms with Gasteiger partial charge < -0.3 is 14.7 Å². The zero-order valence-corrected chi connectivity index (χ0v) is 31.3. The smallest absolute Gasteiger partial charge is 0.246 e. The second-order valence-electron chi connectivity index (χ2n) is 15.3. The molecular weight excluding hydrogens is 604 g/mol. The highest BCUT2D eigenvalue weighted by molar-refractivity contribution is 5.96. The lowest BCUT2D eigenvalue weighted by Gasteiger charge is -2.38. The van der Waals surface area contributed by atoms with E-state index in [1.54, 1.807) is 16.8 Å². The molecule has 0 saturated carbocycles. The molecule has 0 unspecified atom stereocenters. The van der Waals surface area contributed by atoms with Gasteiger partial charge in [-0.05, 0) is 81.5 Å². The summed E-state index contributed by atoms with van der Waals surface area (Å²) in [4.78, 5) is 76.1. The third-order valence-corrected chi connectivity index (χ3v) is 10.5. The van der Waals surface area contributed by atoms with E-state index in [0.29, 0.717) is 45.2 Å². The number of ketones is 2. The van der Waals surface area contributed by atoms with Crippen molar-refractivity contribution < 1.29 is 24.0 Å². The Morgan fingerprint density at radius 1 is 0.750 bits per heavy atom. The van der Waals surface area contributed by atoms with E-state index >= 15 is 0 Å². The molecule has 0 bridgehead atoms. The topological polar surface area (TPSA) is 98.3 Å². The van der Waals surface area contributed by atoms with E-state index in [2.05, 4.69) is 31.2 Å². The lowest BCUT2D eigenvalue weighted by Crippen LogP contribution is -2.57. The van der Waals surface area contributed by atoms with Gasteiger partial charge in [0.25, 0.3) is 0 Å². The fourth-order valence-corrected chi connectivity index (χ4v) is 7.89. The van der Waals surface area contributed by atoms with Crippen molar-refractivity contribution in [3.05, 3.63) is 35.4 Å². The van der Waals surface area contributed by atoms with Crippen molar-refractivity contribution in [3.8, 4) is 0 Å². The number of hydrogen-bond acceptors (Lipinski definition) is 6. The van der Waals surface area contributed by atoms with Crippen molar-refractivity contribution in [1.82, 2.24) is 19.6 Å². The molecule has 48 heavy (non-hydrogen) atoms. The van der Waals surface area contributed by atoms with E-state index in [-0.39, 0.29) is 59.5 Å². The van der Waals surface area contributed by atoms with Crippen LogP contribution in [0.3, 0.4) is 0 Å². The number of carbonyl (C=O) groups excluding carboxylic acids is 5. The van der Waals surface area contributed by atoms with Crippen LogP contribution < -0.4 is 0 Å². The van der Waals surface area contributed by atoms with Crippen molar-refractivity contribution in [2.75, 3.05) is 34.2 Å². The molecule has 0 aromatic heterocycles. The van der Waals surface area contributed by atoms with Crippen molar-refractivity contribution in [2.45, 2.75) is 124 Å². The molecule has 268 valence electrons. The fraction of sp³-hybridized carbons (Fsp3) is 0.718. The molecule has 3 rings (SSSR count). The Balaban J connectivity index is 1.74. The van der Waals surface area contributed by atoms with Gasteiger partial charge in [-0.25, -0.2) is 0 Å². The van der Waals surface area contributed by atoms with Crippen molar-refractivity contribution in [2.24, 2.45) is 23.7 Å². The summed E-state index contributed by atoms with van der Waals surface area (Å²) in [7, 11) is 5.43. The normalized spacial score (nSPS) is 20.1. The first-order valence-corrected chi connectivity index (χ1v) is 18.3. The fourth-order valence-electron chi connectivity index (χ4n) is 7.89. The summed E-state index contributed by atoms with van der Waals surface area (Å²) in [6, 6.07) is 6.18. The lowest BCUT2D eigenvalue weighted by atomic mass is 9.84. The highest BCUT2D eigenvalue weighted by Gasteiger charge is 2.45. The number of rotatable bonds is 16. The van der Waals surface area contributed by atoms with Gasteiger partial charge in [0.05, 0.1) is 12.1 Å². The largest absolute Gasteiger partial charge is 0.333 e. The Kier molecular flexibility index (Phi) is 14.4. The quantitative estimate of drug-likeness (QED) is 0.246. The number of likely N-dealkylation sites (N-methyl/N-ethyl adjacent to an activating group) is 2. The van der Waals surface area contributed by atoms with Crippen LogP contribution in [0, 0.1) is 23.7 Å². The van der Waals surface area contributed by atoms with Gasteiger partial charge in [0.15, 0.2) is 11.6 Å². The molecule has 0 N–H and O–H groups in total. The summed E-state index contributed by atoms with van der Waals surface area (Å²) in [6.45, 7) is 14.8. The summed E-state index contributed by atoms with van der Waals surface area (Å²) < 4.78 is 0. The molecule has 2 saturated heterocycles. The molecule has 9 nitrogen and oxygen atoms in total. The number of hydrogen-bond donors (Lipinski definition) is 0. The average molecular weight is 667 g/mol. The number of likely N-dealkylation sites (tertiary alicyclic amines) is 2. The molecular formula is C39H62N4O5. The van der Waals surface area contributed by atoms with Gasteiger partial charge >= 0.3 is 0 Å². The molecule has 3 amide bonds. The van der Waals surface area contributed by atoms with Crippen LogP contribution in [0.1, 0.15) is 98.1 Å². The molecule has 2 fully saturated rings. The van der Waals surface area contributed by atoms with E-state index in [1.165, 1.54) is 10.5 Å². The van der Waals surface area contributed by atoms with E-state index < -0.39 is 24.0 Å². The van der Waals surface area contributed by atoms with Crippen LogP contribution in [0.4, 0.5) is 0 Å². The van der Waals surface area contributed by atoms with Gasteiger partial charge in [-0.2, -0.15) is 0 Å². The molecule has 2 aliphatic rings. The Bertz CT molecular complexity index is 1270. The van der Waals surface area contributed by atoms with Crippen LogP contribution in [-0.2, 0) is 36.8 Å². The second kappa shape index (κ2) is 17.5. The number of nitrogens with zero attached hydrogens (tertiary/aromatic N) is 4. The summed E-state index contributed by atoms with van der Waals surface area (Å²) in [5.41, 5.74) is 2.38. The van der Waals surface area contributed by atoms with Crippen molar-refractivity contribution >= 4 is 29.3 Å². The van der Waals surface area contributed by atoms with Crippen molar-refractivity contribution in [3.63, 3.8) is 0 Å². The number of Topliss-reactive ketones (excluding diaryl/α,β-unsaturated/α-hetero) is 2. The minimum atomic E-state index is -0.771. The Hall–Kier alpha value is -3.07. The third-order valence-electron chi connectivity index (χ3n) is 10.5. The monoisotopic (exact) mass is 666 g/mol. The van der Waals surface area contributed by atoms with E-state index in [0.717, 1.165) is 18.4 Å². The predicted molar refractivity (Wildman–Crippen MR) is 190 cm³/mol. The first-order chi connectivity index (χ1) is 22.6. The maximum absolute atomic E-state index is 14.3. The van der Waals surface area contributed by atoms with Crippen molar-refractivity contribution in [1.29, 1.82) is 0 Å². The first kappa shape index (κ1) is 39.4. The van der Waals surface area contributed by atoms with Gasteiger partial charge in [0.2, 0.25) is 17.7 Å². The molecule has 2 aliphatic heterocycles. The predicted octanol–water partition coefficient (Wildman–Crippen LogP) is 5.03. The summed E-state index contributed by atoms with van der Waals surface area (Å²) in [5.74, 6) is -1.27. The van der Waals surface area contributed by atoms with Crippen LogP contribution in [0.2, 0.25) is 0 Å². The van der Waals surface area contributed by atoms with Gasteiger partial charge in [0, 0.05) is 38.9 Å². The second-order valence-corrected chi connectivity index (χ2v) is 15.3. The lowest BCUT2D eigenvalue weighted by molar-refractivity contribution is -0.154. The zero-order valence-electron chi connectivity index (χ0n) is 31.3. The molecule has 0 aliphatic carbocycles. The summed E-state index contributed by atoms with van der Waals surface area (Å²) in [5, 5.41) is 0. The van der Waals surface area contributed by atoms with Gasteiger partial charge in [-0.1, -0.05) is 72.7 Å². The molecule has 2 heterocycles. The minimum Gasteiger partial charge on any atom is -0.333 e. The number of amides is 3. The van der Waals surface area contributed by atoms with Crippen LogP contribution in [0.25, 0.3) is 0 Å². The molecule has 0 spiro atoms.